The van der Waals surface area contributed by atoms with E-state index >= 15 is 0 Å². The smallest absolute Gasteiger partial charge is 0.138 e. The van der Waals surface area contributed by atoms with Crippen LogP contribution in [0.15, 0.2) is 78.9 Å². The van der Waals surface area contributed by atoms with E-state index in [4.69, 9.17) is 0 Å². The molecule has 0 amide bonds. The number of hydroxylamine groups is 2. The maximum Gasteiger partial charge on any atom is 0.138 e. The molecule has 0 radical (unpaired) electrons. The lowest BCUT2D eigenvalue weighted by atomic mass is 9.43. The second-order valence-electron chi connectivity index (χ2n) is 8.20. The molecule has 0 saturated heterocycles. The van der Waals surface area contributed by atoms with Crippen molar-refractivity contribution in [2.75, 3.05) is 0 Å². The van der Waals surface area contributed by atoms with Crippen LogP contribution in [0.5, 0.6) is 0 Å². The van der Waals surface area contributed by atoms with Gasteiger partial charge in [-0.1, -0.05) is 85.8 Å². The number of fused-ring (bicyclic) bond motifs is 1. The molecule has 0 fully saturated rings. The summed E-state index contributed by atoms with van der Waals surface area (Å²) in [6.07, 6.45) is 0. The van der Waals surface area contributed by atoms with Crippen LogP contribution in [0.4, 0.5) is 0 Å². The van der Waals surface area contributed by atoms with E-state index in [-0.39, 0.29) is 11.3 Å². The Balaban J connectivity index is 1.94. The van der Waals surface area contributed by atoms with Crippen molar-refractivity contribution in [1.29, 1.82) is 0 Å². The van der Waals surface area contributed by atoms with Crippen molar-refractivity contribution in [2.24, 2.45) is 0 Å². The number of nitrogens with one attached hydrogen (secondary N) is 1. The number of quaternary nitrogens is 1. The molecule has 0 aromatic heterocycles. The summed E-state index contributed by atoms with van der Waals surface area (Å²) in [7, 11) is 0. The largest absolute Gasteiger partial charge is 0.600 e. The minimum Gasteiger partial charge on any atom is -0.600 e. The van der Waals surface area contributed by atoms with E-state index in [1.807, 2.05) is 30.3 Å². The van der Waals surface area contributed by atoms with Crippen molar-refractivity contribution in [3.05, 3.63) is 112 Å². The zero-order valence-corrected chi connectivity index (χ0v) is 15.5. The number of benzene rings is 3. The fourth-order valence-corrected chi connectivity index (χ4v) is 5.98. The molecule has 1 unspecified atom stereocenters. The van der Waals surface area contributed by atoms with Gasteiger partial charge in [-0.25, -0.2) is 10.4 Å². The van der Waals surface area contributed by atoms with Gasteiger partial charge in [0.2, 0.25) is 0 Å². The lowest BCUT2D eigenvalue weighted by Gasteiger charge is -2.61. The average Bonchev–Trinajstić information content (AvgIpc) is 2.70. The number of rotatable bonds is 2. The van der Waals surface area contributed by atoms with Crippen LogP contribution in [-0.2, 0) is 10.8 Å². The first-order valence-corrected chi connectivity index (χ1v) is 9.48. The van der Waals surface area contributed by atoms with Gasteiger partial charge < -0.3 is 5.21 Å². The quantitative estimate of drug-likeness (QED) is 0.689. The molecule has 0 saturated carbocycles. The van der Waals surface area contributed by atoms with E-state index < -0.39 is 16.7 Å². The van der Waals surface area contributed by atoms with Crippen molar-refractivity contribution >= 4 is 0 Å². The second-order valence-corrected chi connectivity index (χ2v) is 8.20. The minimum absolute atomic E-state index is 0.119. The summed E-state index contributed by atoms with van der Waals surface area (Å²) in [6, 6.07) is 26.5. The highest BCUT2D eigenvalue weighted by Gasteiger charge is 2.65. The van der Waals surface area contributed by atoms with Crippen LogP contribution in [0.1, 0.15) is 47.6 Å². The van der Waals surface area contributed by atoms with Gasteiger partial charge in [0, 0.05) is 5.41 Å². The highest BCUT2D eigenvalue weighted by Crippen LogP contribution is 2.63. The zero-order valence-electron chi connectivity index (χ0n) is 15.5. The summed E-state index contributed by atoms with van der Waals surface area (Å²) in [5.74, 6) is -0.119. The summed E-state index contributed by atoms with van der Waals surface area (Å²) in [6.45, 7) is 4.36. The van der Waals surface area contributed by atoms with E-state index in [2.05, 4.69) is 62.4 Å². The van der Waals surface area contributed by atoms with Gasteiger partial charge in [-0.3, -0.25) is 0 Å². The van der Waals surface area contributed by atoms with Crippen LogP contribution >= 0.6 is 0 Å². The first-order valence-electron chi connectivity index (χ1n) is 9.48. The minimum atomic E-state index is -0.721. The Morgan fingerprint density at radius 1 is 0.704 bits per heavy atom. The van der Waals surface area contributed by atoms with Crippen LogP contribution in [0, 0.1) is 5.21 Å². The Kier molecular flexibility index (Phi) is 3.41. The SMILES string of the molecule is CC12c3ccccc3C(C)(c3ccccc31)[C@H]([NH+]([O-])O)[C@H]2c1ccccc1. The molecule has 0 heterocycles. The zero-order chi connectivity index (χ0) is 18.8. The van der Waals surface area contributed by atoms with E-state index in [0.29, 0.717) is 0 Å². The fourth-order valence-electron chi connectivity index (χ4n) is 5.98. The highest BCUT2D eigenvalue weighted by molar-refractivity contribution is 5.66. The third-order valence-corrected chi connectivity index (χ3v) is 7.09. The van der Waals surface area contributed by atoms with E-state index in [0.717, 1.165) is 16.7 Å². The Morgan fingerprint density at radius 2 is 1.11 bits per heavy atom. The molecular weight excluding hydrogens is 334 g/mol. The lowest BCUT2D eigenvalue weighted by Crippen LogP contribution is -3.13. The van der Waals surface area contributed by atoms with Crippen molar-refractivity contribution in [3.63, 3.8) is 0 Å². The van der Waals surface area contributed by atoms with Gasteiger partial charge in [-0.05, 0) is 34.7 Å². The van der Waals surface area contributed by atoms with Crippen LogP contribution in [0.2, 0.25) is 0 Å². The fraction of sp³-hybridized carbons (Fsp3) is 0.250. The summed E-state index contributed by atoms with van der Waals surface area (Å²) in [4.78, 5) is 0. The van der Waals surface area contributed by atoms with Crippen molar-refractivity contribution in [3.8, 4) is 0 Å². The third-order valence-electron chi connectivity index (χ3n) is 7.09. The monoisotopic (exact) mass is 357 g/mol. The summed E-state index contributed by atoms with van der Waals surface area (Å²) in [5.41, 5.74) is 5.00. The highest BCUT2D eigenvalue weighted by atomic mass is 16.8. The van der Waals surface area contributed by atoms with Gasteiger partial charge in [-0.2, -0.15) is 0 Å². The Morgan fingerprint density at radius 3 is 1.56 bits per heavy atom. The molecule has 27 heavy (non-hydrogen) atoms. The molecule has 3 aromatic carbocycles. The molecule has 3 aliphatic rings. The molecule has 0 aliphatic heterocycles. The Hall–Kier alpha value is -2.46. The summed E-state index contributed by atoms with van der Waals surface area (Å²) >= 11 is 0. The van der Waals surface area contributed by atoms with E-state index in [1.54, 1.807) is 0 Å². The van der Waals surface area contributed by atoms with E-state index in [9.17, 15) is 10.4 Å². The molecule has 6 rings (SSSR count). The molecule has 2 bridgehead atoms. The predicted octanol–water partition coefficient (Wildman–Crippen LogP) is 3.55. The molecule has 3 atom stereocenters. The second kappa shape index (κ2) is 5.52. The van der Waals surface area contributed by atoms with Gasteiger partial charge in [-0.15, -0.1) is 0 Å². The van der Waals surface area contributed by atoms with Crippen LogP contribution in [-0.4, -0.2) is 11.2 Å². The topological polar surface area (TPSA) is 47.7 Å². The van der Waals surface area contributed by atoms with Crippen molar-refractivity contribution in [2.45, 2.75) is 36.6 Å². The molecule has 0 spiro atoms. The molecule has 2 N–H and O–H groups in total. The third kappa shape index (κ3) is 1.91. The van der Waals surface area contributed by atoms with Crippen molar-refractivity contribution in [1.82, 2.24) is 0 Å². The number of hydrogen-bond donors (Lipinski definition) is 2. The summed E-state index contributed by atoms with van der Waals surface area (Å²) < 4.78 is 0. The normalized spacial score (nSPS) is 31.9. The summed E-state index contributed by atoms with van der Waals surface area (Å²) in [5, 5.41) is 22.4. The molecule has 3 aliphatic carbocycles. The average molecular weight is 357 g/mol. The van der Waals surface area contributed by atoms with Crippen molar-refractivity contribution < 1.29 is 10.4 Å². The van der Waals surface area contributed by atoms with Crippen LogP contribution < -0.4 is 5.23 Å². The first-order chi connectivity index (χ1) is 13.0. The van der Waals surface area contributed by atoms with Gasteiger partial charge in [0.15, 0.2) is 0 Å². The Labute approximate surface area is 159 Å². The van der Waals surface area contributed by atoms with Crippen LogP contribution in [0.3, 0.4) is 0 Å². The maximum absolute atomic E-state index is 12.7. The standard InChI is InChI=1S/C24H23NO2/c1-23-17-12-6-8-14-19(17)24(2,20-15-9-7-13-18(20)23)22(25(26)27)21(23)16-10-4-3-5-11-16/h3-15,21-22,25-26H,1-2H3/t21-,22-,23?,24?/m1/s1. The van der Waals surface area contributed by atoms with Gasteiger partial charge in [0.25, 0.3) is 0 Å². The first kappa shape index (κ1) is 16.7. The van der Waals surface area contributed by atoms with E-state index in [1.165, 1.54) is 11.1 Å². The molecule has 3 nitrogen and oxygen atoms in total. The maximum atomic E-state index is 12.7. The molecule has 3 heteroatoms. The predicted molar refractivity (Wildman–Crippen MR) is 105 cm³/mol. The number of hydrogen-bond acceptors (Lipinski definition) is 2. The van der Waals surface area contributed by atoms with Gasteiger partial charge in [0.1, 0.15) is 6.04 Å². The molecular formula is C24H23NO2. The molecule has 3 aromatic rings. The van der Waals surface area contributed by atoms with Crippen LogP contribution in [0.25, 0.3) is 0 Å². The molecule has 136 valence electrons. The lowest BCUT2D eigenvalue weighted by molar-refractivity contribution is -1.07. The van der Waals surface area contributed by atoms with Gasteiger partial charge >= 0.3 is 0 Å². The Bertz CT molecular complexity index is 964. The van der Waals surface area contributed by atoms with Gasteiger partial charge in [0.05, 0.1) is 11.3 Å².